The summed E-state index contributed by atoms with van der Waals surface area (Å²) >= 11 is 1.34. The van der Waals surface area contributed by atoms with E-state index in [1.54, 1.807) is 18.2 Å². The average molecular weight is 575 g/mol. The predicted molar refractivity (Wildman–Crippen MR) is 162 cm³/mol. The first-order chi connectivity index (χ1) is 20.4. The van der Waals surface area contributed by atoms with Gasteiger partial charge in [0, 0.05) is 12.0 Å². The molecule has 4 aromatic carbocycles. The zero-order valence-electron chi connectivity index (χ0n) is 22.9. The van der Waals surface area contributed by atoms with E-state index < -0.39 is 17.7 Å². The van der Waals surface area contributed by atoms with E-state index in [0.717, 1.165) is 27.1 Å². The van der Waals surface area contributed by atoms with E-state index in [1.165, 1.54) is 16.2 Å². The number of aliphatic hydroxyl groups excluding tert-OH is 1. The number of carbonyl (C=O) groups is 2. The topological polar surface area (TPSA) is 89.0 Å². The number of ether oxygens (including phenoxy) is 2. The van der Waals surface area contributed by atoms with Crippen molar-refractivity contribution in [2.24, 2.45) is 0 Å². The summed E-state index contributed by atoms with van der Waals surface area (Å²) in [6.45, 7) is 3.97. The van der Waals surface area contributed by atoms with Crippen molar-refractivity contribution < 1.29 is 24.2 Å². The summed E-state index contributed by atoms with van der Waals surface area (Å²) in [5.41, 5.74) is 3.80. The molecule has 1 amide bonds. The standard InChI is InChI=1S/C34H26N2O5S/c1-19-11-13-26-28(15-19)42-34(35-26)36-30(21-7-6-10-25(18-21)41-24-8-4-3-5-9-24)29(32(38)33(36)39)31(37)22-12-14-27-23(17-22)16-20(2)40-27/h3-15,17-18,20,30,37H,16H2,1-2H3/b31-29+. The van der Waals surface area contributed by atoms with Gasteiger partial charge in [-0.05, 0) is 85.1 Å². The number of aryl methyl sites for hydroxylation is 1. The van der Waals surface area contributed by atoms with Crippen molar-refractivity contribution in [3.63, 3.8) is 0 Å². The van der Waals surface area contributed by atoms with Gasteiger partial charge in [0.2, 0.25) is 0 Å². The molecular weight excluding hydrogens is 548 g/mol. The Kier molecular flexibility index (Phi) is 6.28. The molecular formula is C34H26N2O5S. The van der Waals surface area contributed by atoms with Crippen molar-refractivity contribution in [1.82, 2.24) is 4.98 Å². The number of aromatic nitrogens is 1. The van der Waals surface area contributed by atoms with Crippen LogP contribution in [0.25, 0.3) is 16.0 Å². The van der Waals surface area contributed by atoms with Crippen LogP contribution in [0.4, 0.5) is 5.13 Å². The number of rotatable bonds is 5. The predicted octanol–water partition coefficient (Wildman–Crippen LogP) is 7.35. The van der Waals surface area contributed by atoms with Crippen LogP contribution in [0.2, 0.25) is 0 Å². The van der Waals surface area contributed by atoms with E-state index in [1.807, 2.05) is 86.6 Å². The molecule has 1 fully saturated rings. The first kappa shape index (κ1) is 26.0. The summed E-state index contributed by atoms with van der Waals surface area (Å²) in [6.07, 6.45) is 0.719. The summed E-state index contributed by atoms with van der Waals surface area (Å²) < 4.78 is 12.8. The number of benzene rings is 4. The van der Waals surface area contributed by atoms with Crippen LogP contribution in [-0.4, -0.2) is 27.9 Å². The maximum atomic E-state index is 13.7. The van der Waals surface area contributed by atoms with Gasteiger partial charge >= 0.3 is 5.91 Å². The highest BCUT2D eigenvalue weighted by Crippen LogP contribution is 2.45. The molecule has 208 valence electrons. The van der Waals surface area contributed by atoms with Gasteiger partial charge in [-0.15, -0.1) is 0 Å². The second kappa shape index (κ2) is 10.2. The lowest BCUT2D eigenvalue weighted by molar-refractivity contribution is -0.132. The smallest absolute Gasteiger partial charge is 0.301 e. The molecule has 2 aliphatic heterocycles. The highest BCUT2D eigenvalue weighted by Gasteiger charge is 2.48. The van der Waals surface area contributed by atoms with Crippen LogP contribution in [0.1, 0.15) is 35.2 Å². The minimum atomic E-state index is -0.922. The number of thiazole rings is 1. The number of hydrogen-bond acceptors (Lipinski definition) is 7. The Bertz CT molecular complexity index is 1910. The van der Waals surface area contributed by atoms with Gasteiger partial charge in [0.25, 0.3) is 5.78 Å². The molecule has 8 heteroatoms. The van der Waals surface area contributed by atoms with Crippen molar-refractivity contribution in [3.8, 4) is 17.2 Å². The lowest BCUT2D eigenvalue weighted by Gasteiger charge is -2.23. The minimum Gasteiger partial charge on any atom is -0.507 e. The Labute approximate surface area is 246 Å². The molecule has 1 aromatic heterocycles. The van der Waals surface area contributed by atoms with Gasteiger partial charge < -0.3 is 14.6 Å². The average Bonchev–Trinajstić information content (AvgIpc) is 3.65. The normalized spacial score (nSPS) is 19.2. The maximum Gasteiger partial charge on any atom is 0.301 e. The van der Waals surface area contributed by atoms with E-state index >= 15 is 0 Å². The number of amides is 1. The number of ketones is 1. The van der Waals surface area contributed by atoms with Crippen LogP contribution in [0.5, 0.6) is 17.2 Å². The van der Waals surface area contributed by atoms with Crippen LogP contribution in [0, 0.1) is 6.92 Å². The monoisotopic (exact) mass is 574 g/mol. The number of nitrogens with zero attached hydrogens (tertiary/aromatic N) is 2. The first-order valence-corrected chi connectivity index (χ1v) is 14.5. The van der Waals surface area contributed by atoms with Gasteiger partial charge in [0.05, 0.1) is 21.8 Å². The molecule has 0 saturated carbocycles. The summed E-state index contributed by atoms with van der Waals surface area (Å²) in [7, 11) is 0. The van der Waals surface area contributed by atoms with Gasteiger partial charge in [-0.3, -0.25) is 14.5 Å². The lowest BCUT2D eigenvalue weighted by atomic mass is 9.94. The van der Waals surface area contributed by atoms with E-state index in [9.17, 15) is 14.7 Å². The molecule has 1 saturated heterocycles. The van der Waals surface area contributed by atoms with E-state index in [0.29, 0.717) is 34.2 Å². The highest BCUT2D eigenvalue weighted by atomic mass is 32.1. The summed E-state index contributed by atoms with van der Waals surface area (Å²) in [5.74, 6) is 0.186. The van der Waals surface area contributed by atoms with E-state index in [-0.39, 0.29) is 17.4 Å². The third-order valence-corrected chi connectivity index (χ3v) is 8.52. The largest absolute Gasteiger partial charge is 0.507 e. The minimum absolute atomic E-state index is 0.000730. The number of Topliss-reactive ketones (excluding diaryl/α,β-unsaturated/α-hetero) is 1. The second-order valence-corrected chi connectivity index (χ2v) is 11.6. The maximum absolute atomic E-state index is 13.7. The van der Waals surface area contributed by atoms with Crippen molar-refractivity contribution in [1.29, 1.82) is 0 Å². The van der Waals surface area contributed by atoms with E-state index in [2.05, 4.69) is 0 Å². The molecule has 0 spiro atoms. The van der Waals surface area contributed by atoms with Crippen LogP contribution in [0.3, 0.4) is 0 Å². The van der Waals surface area contributed by atoms with Gasteiger partial charge in [-0.2, -0.15) is 0 Å². The Morgan fingerprint density at radius 1 is 0.976 bits per heavy atom. The van der Waals surface area contributed by atoms with Crippen molar-refractivity contribution >= 4 is 44.1 Å². The van der Waals surface area contributed by atoms with E-state index in [4.69, 9.17) is 14.5 Å². The number of carbonyl (C=O) groups excluding carboxylic acids is 2. The van der Waals surface area contributed by atoms with Gasteiger partial charge in [0.15, 0.2) is 5.13 Å². The van der Waals surface area contributed by atoms with Crippen molar-refractivity contribution in [3.05, 3.63) is 119 Å². The molecule has 7 rings (SSSR count). The molecule has 0 aliphatic carbocycles. The number of para-hydroxylation sites is 1. The molecule has 2 unspecified atom stereocenters. The molecule has 2 atom stereocenters. The summed E-state index contributed by atoms with van der Waals surface area (Å²) in [5, 5.41) is 12.1. The molecule has 2 aliphatic rings. The number of aliphatic hydroxyl groups is 1. The Balaban J connectivity index is 1.38. The molecule has 5 aromatic rings. The molecule has 42 heavy (non-hydrogen) atoms. The Morgan fingerprint density at radius 3 is 2.62 bits per heavy atom. The highest BCUT2D eigenvalue weighted by molar-refractivity contribution is 7.22. The molecule has 0 radical (unpaired) electrons. The second-order valence-electron chi connectivity index (χ2n) is 10.6. The fraction of sp³-hybridized carbons (Fsp3) is 0.147. The lowest BCUT2D eigenvalue weighted by Crippen LogP contribution is -2.29. The summed E-state index contributed by atoms with van der Waals surface area (Å²) in [6, 6.07) is 26.9. The fourth-order valence-corrected chi connectivity index (χ4v) is 6.66. The third-order valence-electron chi connectivity index (χ3n) is 7.51. The number of hydrogen-bond donors (Lipinski definition) is 1. The van der Waals surface area contributed by atoms with Crippen molar-refractivity contribution in [2.75, 3.05) is 4.90 Å². The molecule has 3 heterocycles. The first-order valence-electron chi connectivity index (χ1n) is 13.7. The zero-order chi connectivity index (χ0) is 29.0. The summed E-state index contributed by atoms with van der Waals surface area (Å²) in [4.78, 5) is 33.6. The molecule has 1 N–H and O–H groups in total. The third kappa shape index (κ3) is 4.50. The molecule has 0 bridgehead atoms. The SMILES string of the molecule is Cc1ccc2nc(N3C(=O)C(=O)/C(=C(/O)c4ccc5c(c4)CC(C)O5)C3c3cccc(Oc4ccccc4)c3)sc2c1. The Morgan fingerprint density at radius 2 is 1.79 bits per heavy atom. The fourth-order valence-electron chi connectivity index (χ4n) is 5.57. The van der Waals surface area contributed by atoms with Gasteiger partial charge in [-0.25, -0.2) is 4.98 Å². The van der Waals surface area contributed by atoms with Crippen LogP contribution in [0.15, 0.2) is 96.6 Å². The zero-order valence-corrected chi connectivity index (χ0v) is 23.7. The van der Waals surface area contributed by atoms with Crippen LogP contribution < -0.4 is 14.4 Å². The molecule has 7 nitrogen and oxygen atoms in total. The number of anilines is 1. The van der Waals surface area contributed by atoms with Gasteiger partial charge in [0.1, 0.15) is 29.1 Å². The van der Waals surface area contributed by atoms with Gasteiger partial charge in [-0.1, -0.05) is 47.7 Å². The Hall–Kier alpha value is -4.95. The quantitative estimate of drug-likeness (QED) is 0.134. The van der Waals surface area contributed by atoms with Crippen molar-refractivity contribution in [2.45, 2.75) is 32.4 Å². The van der Waals surface area contributed by atoms with Crippen LogP contribution >= 0.6 is 11.3 Å². The number of fused-ring (bicyclic) bond motifs is 2. The van der Waals surface area contributed by atoms with Crippen LogP contribution in [-0.2, 0) is 16.0 Å².